The Balaban J connectivity index is 1.73. The fourth-order valence-electron chi connectivity index (χ4n) is 3.92. The molecule has 166 valence electrons. The monoisotopic (exact) mass is 446 g/mol. The SMILES string of the molecule is Cc1cc(NC(=O)c2ccccc2)c2c(=O)cc(Nc3ccccc3)n(-c3ccccc3)c2n1. The Morgan fingerprint density at radius 2 is 1.44 bits per heavy atom. The molecule has 0 saturated heterocycles. The van der Waals surface area contributed by atoms with E-state index in [1.165, 1.54) is 6.07 Å². The van der Waals surface area contributed by atoms with Crippen LogP contribution in [0.25, 0.3) is 16.7 Å². The fourth-order valence-corrected chi connectivity index (χ4v) is 3.92. The zero-order chi connectivity index (χ0) is 23.5. The van der Waals surface area contributed by atoms with E-state index in [0.29, 0.717) is 33.8 Å². The summed E-state index contributed by atoms with van der Waals surface area (Å²) >= 11 is 0. The minimum atomic E-state index is -0.287. The molecule has 0 radical (unpaired) electrons. The van der Waals surface area contributed by atoms with Crippen molar-refractivity contribution in [3.63, 3.8) is 0 Å². The van der Waals surface area contributed by atoms with Crippen LogP contribution in [0.15, 0.2) is 108 Å². The number of nitrogens with zero attached hydrogens (tertiary/aromatic N) is 2. The van der Waals surface area contributed by atoms with Gasteiger partial charge in [0.15, 0.2) is 11.1 Å². The lowest BCUT2D eigenvalue weighted by Gasteiger charge is -2.19. The number of para-hydroxylation sites is 2. The van der Waals surface area contributed by atoms with Gasteiger partial charge in [-0.15, -0.1) is 0 Å². The lowest BCUT2D eigenvalue weighted by Crippen LogP contribution is -2.18. The first-order valence-electron chi connectivity index (χ1n) is 10.9. The summed E-state index contributed by atoms with van der Waals surface area (Å²) in [5.74, 6) is 0.290. The number of carbonyl (C=O) groups is 1. The first kappa shape index (κ1) is 21.2. The third kappa shape index (κ3) is 4.17. The van der Waals surface area contributed by atoms with Gasteiger partial charge in [-0.2, -0.15) is 0 Å². The molecule has 0 atom stereocenters. The van der Waals surface area contributed by atoms with Crippen LogP contribution in [-0.4, -0.2) is 15.5 Å². The summed E-state index contributed by atoms with van der Waals surface area (Å²) in [5.41, 5.74) is 3.52. The summed E-state index contributed by atoms with van der Waals surface area (Å²) in [6.45, 7) is 1.84. The minimum Gasteiger partial charge on any atom is -0.341 e. The van der Waals surface area contributed by atoms with Crippen molar-refractivity contribution in [2.45, 2.75) is 6.92 Å². The maximum Gasteiger partial charge on any atom is 0.255 e. The standard InChI is InChI=1S/C28H22N4O2/c1-19-17-23(31-28(34)20-11-5-2-6-12-20)26-24(33)18-25(30-21-13-7-3-8-14-21)32(27(26)29-19)22-15-9-4-10-16-22/h2-18,30H,1H3,(H,29,31,34). The molecular formula is C28H22N4O2. The number of carbonyl (C=O) groups excluding carboxylic acids is 1. The molecule has 0 fully saturated rings. The number of fused-ring (bicyclic) bond motifs is 1. The highest BCUT2D eigenvalue weighted by Crippen LogP contribution is 2.28. The van der Waals surface area contributed by atoms with E-state index in [-0.39, 0.29) is 11.3 Å². The molecule has 5 aromatic rings. The number of aryl methyl sites for hydroxylation is 1. The molecule has 2 N–H and O–H groups in total. The zero-order valence-corrected chi connectivity index (χ0v) is 18.5. The van der Waals surface area contributed by atoms with Crippen LogP contribution in [0.1, 0.15) is 16.1 Å². The molecule has 34 heavy (non-hydrogen) atoms. The Morgan fingerprint density at radius 3 is 2.12 bits per heavy atom. The van der Waals surface area contributed by atoms with Gasteiger partial charge in [-0.25, -0.2) is 4.98 Å². The van der Waals surface area contributed by atoms with E-state index in [1.54, 1.807) is 30.3 Å². The van der Waals surface area contributed by atoms with E-state index in [4.69, 9.17) is 4.98 Å². The number of amides is 1. The summed E-state index contributed by atoms with van der Waals surface area (Å²) in [6.07, 6.45) is 0. The summed E-state index contributed by atoms with van der Waals surface area (Å²) in [5, 5.41) is 6.61. The largest absolute Gasteiger partial charge is 0.341 e. The summed E-state index contributed by atoms with van der Waals surface area (Å²) < 4.78 is 1.90. The first-order valence-corrected chi connectivity index (χ1v) is 10.9. The maximum absolute atomic E-state index is 13.4. The molecule has 1 amide bonds. The topological polar surface area (TPSA) is 76.0 Å². The van der Waals surface area contributed by atoms with Gasteiger partial charge in [0.2, 0.25) is 0 Å². The second-order valence-electron chi connectivity index (χ2n) is 7.89. The fraction of sp³-hybridized carbons (Fsp3) is 0.0357. The van der Waals surface area contributed by atoms with E-state index in [1.807, 2.05) is 78.2 Å². The van der Waals surface area contributed by atoms with Crippen LogP contribution in [0, 0.1) is 6.92 Å². The quantitative estimate of drug-likeness (QED) is 0.364. The highest BCUT2D eigenvalue weighted by Gasteiger charge is 2.18. The lowest BCUT2D eigenvalue weighted by molar-refractivity contribution is 0.102. The van der Waals surface area contributed by atoms with Gasteiger partial charge >= 0.3 is 0 Å². The molecule has 6 heteroatoms. The van der Waals surface area contributed by atoms with Gasteiger partial charge in [-0.1, -0.05) is 54.6 Å². The van der Waals surface area contributed by atoms with Gasteiger partial charge in [-0.3, -0.25) is 14.2 Å². The maximum atomic E-state index is 13.4. The molecule has 0 aliphatic carbocycles. The van der Waals surface area contributed by atoms with Gasteiger partial charge in [0.05, 0.1) is 11.1 Å². The second-order valence-corrected chi connectivity index (χ2v) is 7.89. The molecule has 0 unspecified atom stereocenters. The molecule has 6 nitrogen and oxygen atoms in total. The average molecular weight is 447 g/mol. The number of benzene rings is 3. The van der Waals surface area contributed by atoms with E-state index in [2.05, 4.69) is 10.6 Å². The van der Waals surface area contributed by atoms with Crippen LogP contribution in [0.5, 0.6) is 0 Å². The second kappa shape index (κ2) is 9.03. The van der Waals surface area contributed by atoms with Crippen LogP contribution in [-0.2, 0) is 0 Å². The normalized spacial score (nSPS) is 10.7. The minimum absolute atomic E-state index is 0.239. The van der Waals surface area contributed by atoms with E-state index in [9.17, 15) is 9.59 Å². The van der Waals surface area contributed by atoms with Gasteiger partial charge < -0.3 is 10.6 Å². The van der Waals surface area contributed by atoms with Crippen LogP contribution < -0.4 is 16.1 Å². The first-order chi connectivity index (χ1) is 16.6. The predicted octanol–water partition coefficient (Wildman–Crippen LogP) is 5.69. The van der Waals surface area contributed by atoms with Gasteiger partial charge in [0.25, 0.3) is 5.91 Å². The van der Waals surface area contributed by atoms with Crippen molar-refractivity contribution in [1.82, 2.24) is 9.55 Å². The smallest absolute Gasteiger partial charge is 0.255 e. The highest BCUT2D eigenvalue weighted by atomic mass is 16.1. The molecule has 3 aromatic carbocycles. The number of aromatic nitrogens is 2. The molecule has 5 rings (SSSR count). The predicted molar refractivity (Wildman–Crippen MR) is 136 cm³/mol. The molecule has 0 saturated carbocycles. The van der Waals surface area contributed by atoms with Crippen molar-refractivity contribution in [2.75, 3.05) is 10.6 Å². The molecule has 0 spiro atoms. The Labute approximate surface area is 196 Å². The number of pyridine rings is 2. The van der Waals surface area contributed by atoms with Crippen LogP contribution >= 0.6 is 0 Å². The Morgan fingerprint density at radius 1 is 0.824 bits per heavy atom. The van der Waals surface area contributed by atoms with Crippen molar-refractivity contribution >= 4 is 34.1 Å². The van der Waals surface area contributed by atoms with E-state index >= 15 is 0 Å². The zero-order valence-electron chi connectivity index (χ0n) is 18.5. The van der Waals surface area contributed by atoms with Crippen molar-refractivity contribution < 1.29 is 4.79 Å². The average Bonchev–Trinajstić information content (AvgIpc) is 2.85. The van der Waals surface area contributed by atoms with Crippen molar-refractivity contribution in [1.29, 1.82) is 0 Å². The Kier molecular flexibility index (Phi) is 5.62. The number of nitrogens with one attached hydrogen (secondary N) is 2. The molecular weight excluding hydrogens is 424 g/mol. The molecule has 0 aliphatic rings. The van der Waals surface area contributed by atoms with Crippen LogP contribution in [0.4, 0.5) is 17.2 Å². The summed E-state index contributed by atoms with van der Waals surface area (Å²) in [4.78, 5) is 31.0. The van der Waals surface area contributed by atoms with Crippen LogP contribution in [0.2, 0.25) is 0 Å². The summed E-state index contributed by atoms with van der Waals surface area (Å²) in [7, 11) is 0. The van der Waals surface area contributed by atoms with E-state index in [0.717, 1.165) is 11.4 Å². The lowest BCUT2D eigenvalue weighted by atomic mass is 10.1. The third-order valence-corrected chi connectivity index (χ3v) is 5.44. The van der Waals surface area contributed by atoms with Gasteiger partial charge in [-0.05, 0) is 49.4 Å². The van der Waals surface area contributed by atoms with Gasteiger partial charge in [0.1, 0.15) is 5.82 Å². The number of anilines is 3. The van der Waals surface area contributed by atoms with Crippen molar-refractivity contribution in [3.05, 3.63) is 125 Å². The molecule has 0 bridgehead atoms. The Bertz CT molecular complexity index is 1530. The molecule has 0 aliphatic heterocycles. The number of hydrogen-bond donors (Lipinski definition) is 2. The van der Waals surface area contributed by atoms with E-state index < -0.39 is 0 Å². The highest BCUT2D eigenvalue weighted by molar-refractivity contribution is 6.08. The van der Waals surface area contributed by atoms with Gasteiger partial charge in [0, 0.05) is 28.7 Å². The summed E-state index contributed by atoms with van der Waals surface area (Å²) in [6, 6.07) is 31.5. The molecule has 2 heterocycles. The van der Waals surface area contributed by atoms with Crippen molar-refractivity contribution in [3.8, 4) is 5.69 Å². The third-order valence-electron chi connectivity index (χ3n) is 5.44. The van der Waals surface area contributed by atoms with Crippen molar-refractivity contribution in [2.24, 2.45) is 0 Å². The Hall–Kier alpha value is -4.71. The number of hydrogen-bond acceptors (Lipinski definition) is 4. The molecule has 2 aromatic heterocycles. The number of rotatable bonds is 5. The van der Waals surface area contributed by atoms with Crippen LogP contribution in [0.3, 0.4) is 0 Å².